The van der Waals surface area contributed by atoms with Gasteiger partial charge in [-0.25, -0.2) is 0 Å². The first-order valence-corrected chi connectivity index (χ1v) is 5.36. The zero-order valence-electron chi connectivity index (χ0n) is 8.59. The largest absolute Gasteiger partial charge is 0.381 e. The van der Waals surface area contributed by atoms with Crippen LogP contribution in [0.5, 0.6) is 0 Å². The highest BCUT2D eigenvalue weighted by Gasteiger charge is 2.19. The first-order chi connectivity index (χ1) is 6.34. The molecule has 13 heavy (non-hydrogen) atoms. The highest BCUT2D eigenvalue weighted by atomic mass is 16.5. The average Bonchev–Trinajstić information content (AvgIpc) is 2.19. The molecular weight excluding hydrogens is 164 g/mol. The van der Waals surface area contributed by atoms with Crippen molar-refractivity contribution in [1.82, 2.24) is 5.32 Å². The molecule has 1 rings (SSSR count). The van der Waals surface area contributed by atoms with Crippen molar-refractivity contribution in [1.29, 1.82) is 0 Å². The van der Waals surface area contributed by atoms with E-state index in [0.717, 1.165) is 38.6 Å². The molecule has 0 amide bonds. The predicted molar refractivity (Wildman–Crippen MR) is 54.7 cm³/mol. The molecule has 0 spiro atoms. The fraction of sp³-hybridized carbons (Fsp3) is 1.00. The average molecular weight is 186 g/mol. The van der Waals surface area contributed by atoms with Crippen molar-refractivity contribution in [3.05, 3.63) is 0 Å². The summed E-state index contributed by atoms with van der Waals surface area (Å²) in [5.41, 5.74) is 5.43. The van der Waals surface area contributed by atoms with Gasteiger partial charge in [-0.05, 0) is 45.2 Å². The van der Waals surface area contributed by atoms with E-state index in [1.165, 1.54) is 12.8 Å². The van der Waals surface area contributed by atoms with Gasteiger partial charge in [0.1, 0.15) is 0 Å². The second-order valence-corrected chi connectivity index (χ2v) is 3.83. The van der Waals surface area contributed by atoms with E-state index in [4.69, 9.17) is 10.5 Å². The van der Waals surface area contributed by atoms with E-state index in [0.29, 0.717) is 6.04 Å². The maximum Gasteiger partial charge on any atom is 0.0469 e. The van der Waals surface area contributed by atoms with Crippen molar-refractivity contribution < 1.29 is 4.74 Å². The molecule has 1 unspecified atom stereocenters. The van der Waals surface area contributed by atoms with Crippen LogP contribution < -0.4 is 11.1 Å². The molecule has 1 atom stereocenters. The molecule has 0 radical (unpaired) electrons. The summed E-state index contributed by atoms with van der Waals surface area (Å²) in [4.78, 5) is 0. The Morgan fingerprint density at radius 3 is 2.77 bits per heavy atom. The van der Waals surface area contributed by atoms with Gasteiger partial charge in [0.15, 0.2) is 0 Å². The summed E-state index contributed by atoms with van der Waals surface area (Å²) in [6.07, 6.45) is 3.49. The molecule has 0 aromatic carbocycles. The Morgan fingerprint density at radius 2 is 2.15 bits per heavy atom. The first-order valence-electron chi connectivity index (χ1n) is 5.36. The third kappa shape index (κ3) is 4.07. The third-order valence-electron chi connectivity index (χ3n) is 2.82. The third-order valence-corrected chi connectivity index (χ3v) is 2.82. The van der Waals surface area contributed by atoms with Crippen molar-refractivity contribution in [2.75, 3.05) is 26.3 Å². The molecule has 0 aliphatic carbocycles. The van der Waals surface area contributed by atoms with Gasteiger partial charge in [-0.3, -0.25) is 0 Å². The lowest BCUT2D eigenvalue weighted by Gasteiger charge is -2.28. The van der Waals surface area contributed by atoms with Crippen LogP contribution in [0.1, 0.15) is 26.2 Å². The standard InChI is InChI=1S/C10H22N2O/c1-9(12-6-2-5-11)10-3-7-13-8-4-10/h9-10,12H,2-8,11H2,1H3. The summed E-state index contributed by atoms with van der Waals surface area (Å²) >= 11 is 0. The van der Waals surface area contributed by atoms with Gasteiger partial charge in [0.2, 0.25) is 0 Å². The van der Waals surface area contributed by atoms with Crippen LogP contribution in [0.4, 0.5) is 0 Å². The minimum atomic E-state index is 0.621. The summed E-state index contributed by atoms with van der Waals surface area (Å²) in [5.74, 6) is 0.798. The second-order valence-electron chi connectivity index (χ2n) is 3.83. The number of nitrogens with two attached hydrogens (primary N) is 1. The van der Waals surface area contributed by atoms with E-state index >= 15 is 0 Å². The maximum absolute atomic E-state index is 5.43. The quantitative estimate of drug-likeness (QED) is 0.623. The van der Waals surface area contributed by atoms with Crippen LogP contribution in [0.15, 0.2) is 0 Å². The van der Waals surface area contributed by atoms with Gasteiger partial charge in [0.25, 0.3) is 0 Å². The minimum absolute atomic E-state index is 0.621. The SMILES string of the molecule is CC(NCCCN)C1CCOCC1. The van der Waals surface area contributed by atoms with Crippen molar-refractivity contribution in [2.45, 2.75) is 32.2 Å². The molecule has 3 heteroatoms. The van der Waals surface area contributed by atoms with Gasteiger partial charge in [-0.1, -0.05) is 0 Å². The number of nitrogens with one attached hydrogen (secondary N) is 1. The van der Waals surface area contributed by atoms with Crippen LogP contribution in [-0.2, 0) is 4.74 Å². The van der Waals surface area contributed by atoms with Crippen LogP contribution in [0.3, 0.4) is 0 Å². The van der Waals surface area contributed by atoms with Crippen molar-refractivity contribution in [2.24, 2.45) is 11.7 Å². The highest BCUT2D eigenvalue weighted by Crippen LogP contribution is 2.18. The van der Waals surface area contributed by atoms with Crippen LogP contribution in [0.25, 0.3) is 0 Å². The van der Waals surface area contributed by atoms with E-state index in [-0.39, 0.29) is 0 Å². The number of rotatable bonds is 5. The Hall–Kier alpha value is -0.120. The monoisotopic (exact) mass is 186 g/mol. The summed E-state index contributed by atoms with van der Waals surface area (Å²) in [6, 6.07) is 0.621. The molecule has 78 valence electrons. The molecule has 0 aromatic heterocycles. The summed E-state index contributed by atoms with van der Waals surface area (Å²) in [7, 11) is 0. The van der Waals surface area contributed by atoms with Gasteiger partial charge < -0.3 is 15.8 Å². The lowest BCUT2D eigenvalue weighted by molar-refractivity contribution is 0.0560. The van der Waals surface area contributed by atoms with Crippen LogP contribution in [-0.4, -0.2) is 32.3 Å². The zero-order valence-corrected chi connectivity index (χ0v) is 8.59. The number of ether oxygens (including phenoxy) is 1. The van der Waals surface area contributed by atoms with Crippen molar-refractivity contribution in [3.63, 3.8) is 0 Å². The first kappa shape index (κ1) is 11.0. The van der Waals surface area contributed by atoms with Gasteiger partial charge in [0, 0.05) is 19.3 Å². The lowest BCUT2D eigenvalue weighted by atomic mass is 9.93. The predicted octanol–water partition coefficient (Wildman–Crippen LogP) is 0.740. The molecule has 1 heterocycles. The van der Waals surface area contributed by atoms with Gasteiger partial charge >= 0.3 is 0 Å². The molecular formula is C10H22N2O. The van der Waals surface area contributed by atoms with Crippen LogP contribution >= 0.6 is 0 Å². The van der Waals surface area contributed by atoms with E-state index in [2.05, 4.69) is 12.2 Å². The van der Waals surface area contributed by atoms with Crippen molar-refractivity contribution >= 4 is 0 Å². The molecule has 0 aromatic rings. The van der Waals surface area contributed by atoms with Gasteiger partial charge in [-0.15, -0.1) is 0 Å². The van der Waals surface area contributed by atoms with Crippen LogP contribution in [0, 0.1) is 5.92 Å². The molecule has 0 saturated carbocycles. The second kappa shape index (κ2) is 6.35. The fourth-order valence-corrected chi connectivity index (χ4v) is 1.81. The molecule has 1 aliphatic rings. The molecule has 3 nitrogen and oxygen atoms in total. The fourth-order valence-electron chi connectivity index (χ4n) is 1.81. The smallest absolute Gasteiger partial charge is 0.0469 e. The normalized spacial score (nSPS) is 21.7. The van der Waals surface area contributed by atoms with Crippen molar-refractivity contribution in [3.8, 4) is 0 Å². The van der Waals surface area contributed by atoms with E-state index in [1.807, 2.05) is 0 Å². The van der Waals surface area contributed by atoms with E-state index in [1.54, 1.807) is 0 Å². The maximum atomic E-state index is 5.43. The van der Waals surface area contributed by atoms with Gasteiger partial charge in [0.05, 0.1) is 0 Å². The molecule has 3 N–H and O–H groups in total. The Balaban J connectivity index is 2.09. The lowest BCUT2D eigenvalue weighted by Crippen LogP contribution is -2.37. The Morgan fingerprint density at radius 1 is 1.46 bits per heavy atom. The number of hydrogen-bond donors (Lipinski definition) is 2. The molecule has 1 aliphatic heterocycles. The molecule has 0 bridgehead atoms. The summed E-state index contributed by atoms with van der Waals surface area (Å²) < 4.78 is 5.33. The summed E-state index contributed by atoms with van der Waals surface area (Å²) in [6.45, 7) is 5.98. The molecule has 1 saturated heterocycles. The minimum Gasteiger partial charge on any atom is -0.381 e. The van der Waals surface area contributed by atoms with E-state index in [9.17, 15) is 0 Å². The highest BCUT2D eigenvalue weighted by molar-refractivity contribution is 4.74. The Labute approximate surface area is 81.0 Å². The zero-order chi connectivity index (χ0) is 9.52. The van der Waals surface area contributed by atoms with Gasteiger partial charge in [-0.2, -0.15) is 0 Å². The topological polar surface area (TPSA) is 47.3 Å². The van der Waals surface area contributed by atoms with E-state index < -0.39 is 0 Å². The Kier molecular flexibility index (Phi) is 5.35. The molecule has 1 fully saturated rings. The summed E-state index contributed by atoms with van der Waals surface area (Å²) in [5, 5.41) is 3.52. The van der Waals surface area contributed by atoms with Crippen LogP contribution in [0.2, 0.25) is 0 Å². The number of hydrogen-bond acceptors (Lipinski definition) is 3. The Bertz CT molecular complexity index is 124.